The molecule has 1 aromatic rings. The van der Waals surface area contributed by atoms with Gasteiger partial charge in [0.1, 0.15) is 5.75 Å². The molecule has 1 saturated heterocycles. The van der Waals surface area contributed by atoms with E-state index in [1.807, 2.05) is 32.0 Å². The standard InChI is InChI=1S/C18H28N2O2/c1-15-8-6-9-16(2)18(15)22-14-17(21)19-10-7-13-20-11-4-3-5-12-20/h6,8-9H,3-5,7,10-14H2,1-2H3,(H,19,21). The van der Waals surface area contributed by atoms with Crippen LogP contribution in [0.15, 0.2) is 18.2 Å². The van der Waals surface area contributed by atoms with Gasteiger partial charge in [0.2, 0.25) is 0 Å². The lowest BCUT2D eigenvalue weighted by atomic mass is 10.1. The summed E-state index contributed by atoms with van der Waals surface area (Å²) in [6, 6.07) is 6.00. The Bertz CT molecular complexity index is 462. The lowest BCUT2D eigenvalue weighted by Gasteiger charge is -2.26. The molecule has 1 fully saturated rings. The van der Waals surface area contributed by atoms with Crippen LogP contribution in [0.2, 0.25) is 0 Å². The molecule has 2 rings (SSSR count). The van der Waals surface area contributed by atoms with Crippen LogP contribution in [-0.2, 0) is 4.79 Å². The number of benzene rings is 1. The van der Waals surface area contributed by atoms with Crippen LogP contribution in [0, 0.1) is 13.8 Å². The van der Waals surface area contributed by atoms with Gasteiger partial charge in [0.15, 0.2) is 6.61 Å². The van der Waals surface area contributed by atoms with Gasteiger partial charge in [-0.1, -0.05) is 24.6 Å². The molecule has 0 spiro atoms. The van der Waals surface area contributed by atoms with Crippen molar-refractivity contribution in [3.05, 3.63) is 29.3 Å². The van der Waals surface area contributed by atoms with E-state index in [0.29, 0.717) is 0 Å². The first-order valence-corrected chi connectivity index (χ1v) is 8.35. The number of hydrogen-bond donors (Lipinski definition) is 1. The van der Waals surface area contributed by atoms with Crippen LogP contribution in [0.25, 0.3) is 0 Å². The van der Waals surface area contributed by atoms with E-state index in [-0.39, 0.29) is 12.5 Å². The zero-order valence-electron chi connectivity index (χ0n) is 13.9. The second-order valence-electron chi connectivity index (χ2n) is 6.12. The molecule has 0 radical (unpaired) electrons. The molecular weight excluding hydrogens is 276 g/mol. The summed E-state index contributed by atoms with van der Waals surface area (Å²) in [5.41, 5.74) is 2.13. The molecule has 0 unspecified atom stereocenters. The van der Waals surface area contributed by atoms with E-state index < -0.39 is 0 Å². The van der Waals surface area contributed by atoms with E-state index in [9.17, 15) is 4.79 Å². The van der Waals surface area contributed by atoms with Crippen LogP contribution >= 0.6 is 0 Å². The van der Waals surface area contributed by atoms with Crippen LogP contribution in [0.4, 0.5) is 0 Å². The van der Waals surface area contributed by atoms with Gasteiger partial charge in [-0.2, -0.15) is 0 Å². The summed E-state index contributed by atoms with van der Waals surface area (Å²) in [7, 11) is 0. The molecule has 1 heterocycles. The molecule has 0 bridgehead atoms. The van der Waals surface area contributed by atoms with Crippen LogP contribution < -0.4 is 10.1 Å². The smallest absolute Gasteiger partial charge is 0.257 e. The lowest BCUT2D eigenvalue weighted by Crippen LogP contribution is -2.34. The maximum Gasteiger partial charge on any atom is 0.257 e. The normalized spacial score (nSPS) is 15.5. The third-order valence-corrected chi connectivity index (χ3v) is 4.18. The van der Waals surface area contributed by atoms with Crippen LogP contribution in [0.1, 0.15) is 36.8 Å². The number of carbonyl (C=O) groups excluding carboxylic acids is 1. The van der Waals surface area contributed by atoms with E-state index in [0.717, 1.165) is 36.4 Å². The van der Waals surface area contributed by atoms with Gasteiger partial charge in [-0.3, -0.25) is 4.79 Å². The fourth-order valence-corrected chi connectivity index (χ4v) is 2.93. The fraction of sp³-hybridized carbons (Fsp3) is 0.611. The number of nitrogens with zero attached hydrogens (tertiary/aromatic N) is 1. The molecule has 1 amide bonds. The molecule has 0 saturated carbocycles. The molecule has 4 nitrogen and oxygen atoms in total. The van der Waals surface area contributed by atoms with Crippen molar-refractivity contribution < 1.29 is 9.53 Å². The number of nitrogens with one attached hydrogen (secondary N) is 1. The Morgan fingerprint density at radius 3 is 2.55 bits per heavy atom. The minimum atomic E-state index is -0.0405. The molecule has 22 heavy (non-hydrogen) atoms. The summed E-state index contributed by atoms with van der Waals surface area (Å²) in [4.78, 5) is 14.3. The highest BCUT2D eigenvalue weighted by Crippen LogP contribution is 2.21. The Kier molecular flexibility index (Phi) is 6.72. The first-order chi connectivity index (χ1) is 10.7. The SMILES string of the molecule is Cc1cccc(C)c1OCC(=O)NCCCN1CCCCC1. The van der Waals surface area contributed by atoms with Crippen LogP contribution in [0.3, 0.4) is 0 Å². The summed E-state index contributed by atoms with van der Waals surface area (Å²) in [5.74, 6) is 0.785. The summed E-state index contributed by atoms with van der Waals surface area (Å²) >= 11 is 0. The van der Waals surface area contributed by atoms with Crippen molar-refractivity contribution in [1.82, 2.24) is 10.2 Å². The number of likely N-dealkylation sites (tertiary alicyclic amines) is 1. The molecule has 0 aliphatic carbocycles. The molecule has 0 atom stereocenters. The second kappa shape index (κ2) is 8.79. The summed E-state index contributed by atoms with van der Waals surface area (Å²) in [5, 5.41) is 2.94. The Balaban J connectivity index is 1.61. The number of amides is 1. The van der Waals surface area contributed by atoms with E-state index in [2.05, 4.69) is 10.2 Å². The van der Waals surface area contributed by atoms with Crippen molar-refractivity contribution in [2.75, 3.05) is 32.8 Å². The number of para-hydroxylation sites is 1. The van der Waals surface area contributed by atoms with E-state index in [4.69, 9.17) is 4.74 Å². The van der Waals surface area contributed by atoms with E-state index >= 15 is 0 Å². The van der Waals surface area contributed by atoms with Gasteiger partial charge < -0.3 is 15.0 Å². The molecule has 1 aliphatic heterocycles. The van der Waals surface area contributed by atoms with Crippen molar-refractivity contribution in [1.29, 1.82) is 0 Å². The van der Waals surface area contributed by atoms with Crippen LogP contribution in [0.5, 0.6) is 5.75 Å². The zero-order valence-corrected chi connectivity index (χ0v) is 13.9. The van der Waals surface area contributed by atoms with Gasteiger partial charge in [-0.15, -0.1) is 0 Å². The average molecular weight is 304 g/mol. The monoisotopic (exact) mass is 304 g/mol. The Labute approximate surface area is 133 Å². The molecule has 4 heteroatoms. The van der Waals surface area contributed by atoms with Crippen molar-refractivity contribution in [3.63, 3.8) is 0 Å². The topological polar surface area (TPSA) is 41.6 Å². The van der Waals surface area contributed by atoms with Gasteiger partial charge >= 0.3 is 0 Å². The third-order valence-electron chi connectivity index (χ3n) is 4.18. The Morgan fingerprint density at radius 2 is 1.86 bits per heavy atom. The molecule has 1 N–H and O–H groups in total. The first-order valence-electron chi connectivity index (χ1n) is 8.35. The molecule has 1 aliphatic rings. The molecule has 122 valence electrons. The predicted molar refractivity (Wildman–Crippen MR) is 89.3 cm³/mol. The fourth-order valence-electron chi connectivity index (χ4n) is 2.93. The van der Waals surface area contributed by atoms with Gasteiger partial charge in [-0.05, 0) is 63.9 Å². The maximum atomic E-state index is 11.8. The minimum absolute atomic E-state index is 0.0405. The van der Waals surface area contributed by atoms with Crippen LogP contribution in [-0.4, -0.2) is 43.6 Å². The lowest BCUT2D eigenvalue weighted by molar-refractivity contribution is -0.123. The van der Waals surface area contributed by atoms with Gasteiger partial charge in [0, 0.05) is 6.54 Å². The van der Waals surface area contributed by atoms with Crippen molar-refractivity contribution in [2.45, 2.75) is 39.5 Å². The number of piperidine rings is 1. The summed E-state index contributed by atoms with van der Waals surface area (Å²) in [6.45, 7) is 8.32. The number of carbonyl (C=O) groups is 1. The maximum absolute atomic E-state index is 11.8. The highest BCUT2D eigenvalue weighted by Gasteiger charge is 2.10. The number of ether oxygens (including phenoxy) is 1. The second-order valence-corrected chi connectivity index (χ2v) is 6.12. The molecular formula is C18H28N2O2. The third kappa shape index (κ3) is 5.34. The average Bonchev–Trinajstić information content (AvgIpc) is 2.52. The number of rotatable bonds is 7. The highest BCUT2D eigenvalue weighted by atomic mass is 16.5. The Morgan fingerprint density at radius 1 is 1.18 bits per heavy atom. The largest absolute Gasteiger partial charge is 0.483 e. The zero-order chi connectivity index (χ0) is 15.8. The summed E-state index contributed by atoms with van der Waals surface area (Å²) < 4.78 is 5.65. The van der Waals surface area contributed by atoms with E-state index in [1.54, 1.807) is 0 Å². The first kappa shape index (κ1) is 16.8. The minimum Gasteiger partial charge on any atom is -0.483 e. The van der Waals surface area contributed by atoms with Gasteiger partial charge in [-0.25, -0.2) is 0 Å². The number of aryl methyl sites for hydroxylation is 2. The summed E-state index contributed by atoms with van der Waals surface area (Å²) in [6.07, 6.45) is 5.00. The van der Waals surface area contributed by atoms with Crippen molar-refractivity contribution in [3.8, 4) is 5.75 Å². The predicted octanol–water partition coefficient (Wildman–Crippen LogP) is 2.67. The highest BCUT2D eigenvalue weighted by molar-refractivity contribution is 5.77. The number of hydrogen-bond acceptors (Lipinski definition) is 3. The van der Waals surface area contributed by atoms with E-state index in [1.165, 1.54) is 32.4 Å². The van der Waals surface area contributed by atoms with Crippen molar-refractivity contribution in [2.24, 2.45) is 0 Å². The molecule has 1 aromatic carbocycles. The van der Waals surface area contributed by atoms with Gasteiger partial charge in [0.25, 0.3) is 5.91 Å². The van der Waals surface area contributed by atoms with Crippen molar-refractivity contribution >= 4 is 5.91 Å². The quantitative estimate of drug-likeness (QED) is 0.788. The Hall–Kier alpha value is -1.55. The molecule has 0 aromatic heterocycles. The van der Waals surface area contributed by atoms with Gasteiger partial charge in [0.05, 0.1) is 0 Å².